The quantitative estimate of drug-likeness (QED) is 0.922. The third kappa shape index (κ3) is 3.55. The Balaban J connectivity index is 1.47. The van der Waals surface area contributed by atoms with E-state index in [9.17, 15) is 0 Å². The Bertz CT molecular complexity index is 440. The van der Waals surface area contributed by atoms with Gasteiger partial charge in [0.1, 0.15) is 0 Å². The molecule has 0 radical (unpaired) electrons. The van der Waals surface area contributed by atoms with Gasteiger partial charge in [-0.25, -0.2) is 0 Å². The van der Waals surface area contributed by atoms with Gasteiger partial charge in [-0.15, -0.1) is 11.3 Å². The number of piperazine rings is 1. The van der Waals surface area contributed by atoms with Crippen LogP contribution in [0, 0.1) is 0 Å². The van der Waals surface area contributed by atoms with Gasteiger partial charge in [0.15, 0.2) is 0 Å². The molecule has 20 heavy (non-hydrogen) atoms. The highest BCUT2D eigenvalue weighted by molar-refractivity contribution is 7.16. The van der Waals surface area contributed by atoms with Gasteiger partial charge in [0, 0.05) is 50.2 Å². The van der Waals surface area contributed by atoms with Gasteiger partial charge < -0.3 is 10.2 Å². The van der Waals surface area contributed by atoms with Crippen molar-refractivity contribution >= 4 is 22.9 Å². The Kier molecular flexibility index (Phi) is 5.00. The lowest BCUT2D eigenvalue weighted by Crippen LogP contribution is -2.46. The number of nitrogens with one attached hydrogen (secondary N) is 1. The summed E-state index contributed by atoms with van der Waals surface area (Å²) in [4.78, 5) is 6.47. The fourth-order valence-corrected chi connectivity index (χ4v) is 4.59. The molecule has 0 aromatic carbocycles. The molecule has 0 saturated carbocycles. The topological polar surface area (TPSA) is 18.5 Å². The Hall–Kier alpha value is -0.130. The minimum atomic E-state index is 0.523. The van der Waals surface area contributed by atoms with Gasteiger partial charge in [-0.1, -0.05) is 11.6 Å². The molecule has 0 spiro atoms. The molecule has 112 valence electrons. The molecular formula is C15H24ClN3S. The van der Waals surface area contributed by atoms with Crippen molar-refractivity contribution in [1.29, 1.82) is 0 Å². The summed E-state index contributed by atoms with van der Waals surface area (Å²) < 4.78 is 0.947. The lowest BCUT2D eigenvalue weighted by Gasteiger charge is -2.33. The summed E-state index contributed by atoms with van der Waals surface area (Å²) in [7, 11) is 2.21. The molecule has 0 amide bonds. The summed E-state index contributed by atoms with van der Waals surface area (Å²) in [5.74, 6) is 0. The maximum atomic E-state index is 6.16. The van der Waals surface area contributed by atoms with Crippen LogP contribution in [0.25, 0.3) is 0 Å². The first-order valence-electron chi connectivity index (χ1n) is 7.65. The van der Waals surface area contributed by atoms with Crippen molar-refractivity contribution in [3.05, 3.63) is 20.8 Å². The van der Waals surface area contributed by atoms with E-state index in [2.05, 4.69) is 28.2 Å². The number of thiophene rings is 1. The maximum Gasteiger partial charge on any atom is 0.0934 e. The summed E-state index contributed by atoms with van der Waals surface area (Å²) in [5, 5.41) is 3.74. The predicted molar refractivity (Wildman–Crippen MR) is 86.9 cm³/mol. The summed E-state index contributed by atoms with van der Waals surface area (Å²) in [5.41, 5.74) is 1.46. The number of likely N-dealkylation sites (N-methyl/N-ethyl adjacent to an activating group) is 1. The molecule has 3 nitrogen and oxygen atoms in total. The second-order valence-electron chi connectivity index (χ2n) is 5.97. The van der Waals surface area contributed by atoms with Crippen LogP contribution in [-0.2, 0) is 6.42 Å². The van der Waals surface area contributed by atoms with Crippen LogP contribution in [0.4, 0.5) is 0 Å². The monoisotopic (exact) mass is 313 g/mol. The SMILES string of the molecule is CN1CCN(CCNC2CCCc3sc(Cl)cc32)CC1. The molecule has 1 aromatic rings. The van der Waals surface area contributed by atoms with Crippen molar-refractivity contribution in [1.82, 2.24) is 15.1 Å². The van der Waals surface area contributed by atoms with Crippen LogP contribution in [0.1, 0.15) is 29.3 Å². The standard InChI is InChI=1S/C15H24ClN3S/c1-18-7-9-19(10-8-18)6-5-17-13-3-2-4-14-12(13)11-15(16)20-14/h11,13,17H,2-10H2,1H3. The molecule has 1 aromatic heterocycles. The first-order valence-corrected chi connectivity index (χ1v) is 8.84. The largest absolute Gasteiger partial charge is 0.309 e. The van der Waals surface area contributed by atoms with E-state index in [1.165, 1.54) is 55.9 Å². The van der Waals surface area contributed by atoms with Crippen molar-refractivity contribution in [2.75, 3.05) is 46.3 Å². The zero-order valence-corrected chi connectivity index (χ0v) is 13.8. The Labute approximate surface area is 130 Å². The molecule has 1 aliphatic carbocycles. The minimum Gasteiger partial charge on any atom is -0.309 e. The molecule has 1 N–H and O–H groups in total. The summed E-state index contributed by atoms with van der Waals surface area (Å²) in [6.07, 6.45) is 3.75. The lowest BCUT2D eigenvalue weighted by atomic mass is 9.94. The molecule has 0 bridgehead atoms. The predicted octanol–water partition coefficient (Wildman–Crippen LogP) is 2.62. The summed E-state index contributed by atoms with van der Waals surface area (Å²) >= 11 is 7.93. The van der Waals surface area contributed by atoms with E-state index in [1.807, 2.05) is 0 Å². The molecule has 5 heteroatoms. The van der Waals surface area contributed by atoms with Crippen LogP contribution in [0.5, 0.6) is 0 Å². The first-order chi connectivity index (χ1) is 9.72. The second kappa shape index (κ2) is 6.75. The molecule has 1 fully saturated rings. The number of hydrogen-bond donors (Lipinski definition) is 1. The van der Waals surface area contributed by atoms with Crippen LogP contribution in [0.15, 0.2) is 6.07 Å². The second-order valence-corrected chi connectivity index (χ2v) is 7.74. The number of halogens is 1. The Morgan fingerprint density at radius 1 is 1.35 bits per heavy atom. The Morgan fingerprint density at radius 2 is 2.15 bits per heavy atom. The molecule has 1 atom stereocenters. The zero-order chi connectivity index (χ0) is 13.9. The first kappa shape index (κ1) is 14.8. The molecule has 3 rings (SSSR count). The number of aryl methyl sites for hydroxylation is 1. The molecule has 1 unspecified atom stereocenters. The summed E-state index contributed by atoms with van der Waals surface area (Å²) in [6, 6.07) is 2.70. The van der Waals surface area contributed by atoms with Crippen LogP contribution in [0.2, 0.25) is 4.34 Å². The number of nitrogens with zero attached hydrogens (tertiary/aromatic N) is 2. The minimum absolute atomic E-state index is 0.523. The van der Waals surface area contributed by atoms with Crippen LogP contribution >= 0.6 is 22.9 Å². The van der Waals surface area contributed by atoms with Gasteiger partial charge >= 0.3 is 0 Å². The van der Waals surface area contributed by atoms with E-state index in [1.54, 1.807) is 11.3 Å². The fraction of sp³-hybridized carbons (Fsp3) is 0.733. The average Bonchev–Trinajstić information content (AvgIpc) is 2.82. The van der Waals surface area contributed by atoms with Crippen molar-refractivity contribution in [3.63, 3.8) is 0 Å². The highest BCUT2D eigenvalue weighted by Crippen LogP contribution is 2.37. The fourth-order valence-electron chi connectivity index (χ4n) is 3.20. The van der Waals surface area contributed by atoms with Crippen LogP contribution < -0.4 is 5.32 Å². The third-order valence-electron chi connectivity index (χ3n) is 4.50. The van der Waals surface area contributed by atoms with Gasteiger partial charge in [-0.3, -0.25) is 4.90 Å². The molecule has 1 saturated heterocycles. The van der Waals surface area contributed by atoms with E-state index in [-0.39, 0.29) is 0 Å². The zero-order valence-electron chi connectivity index (χ0n) is 12.2. The van der Waals surface area contributed by atoms with Gasteiger partial charge in [-0.2, -0.15) is 0 Å². The molecule has 2 aliphatic rings. The Morgan fingerprint density at radius 3 is 2.95 bits per heavy atom. The number of fused-ring (bicyclic) bond motifs is 1. The van der Waals surface area contributed by atoms with E-state index in [4.69, 9.17) is 11.6 Å². The maximum absolute atomic E-state index is 6.16. The normalized spacial score (nSPS) is 24.8. The highest BCUT2D eigenvalue weighted by Gasteiger charge is 2.22. The van der Waals surface area contributed by atoms with Crippen molar-refractivity contribution in [3.8, 4) is 0 Å². The van der Waals surface area contributed by atoms with E-state index in [0.717, 1.165) is 17.4 Å². The smallest absolute Gasteiger partial charge is 0.0934 e. The van der Waals surface area contributed by atoms with E-state index in [0.29, 0.717) is 6.04 Å². The number of hydrogen-bond acceptors (Lipinski definition) is 4. The van der Waals surface area contributed by atoms with Gasteiger partial charge in [0.05, 0.1) is 4.34 Å². The molecule has 2 heterocycles. The van der Waals surface area contributed by atoms with Crippen LogP contribution in [-0.4, -0.2) is 56.1 Å². The van der Waals surface area contributed by atoms with Gasteiger partial charge in [0.25, 0.3) is 0 Å². The van der Waals surface area contributed by atoms with Crippen molar-refractivity contribution < 1.29 is 0 Å². The summed E-state index contributed by atoms with van der Waals surface area (Å²) in [6.45, 7) is 7.07. The van der Waals surface area contributed by atoms with E-state index < -0.39 is 0 Å². The van der Waals surface area contributed by atoms with Crippen molar-refractivity contribution in [2.24, 2.45) is 0 Å². The van der Waals surface area contributed by atoms with Gasteiger partial charge in [0.2, 0.25) is 0 Å². The molecular weight excluding hydrogens is 290 g/mol. The number of rotatable bonds is 4. The lowest BCUT2D eigenvalue weighted by molar-refractivity contribution is 0.153. The van der Waals surface area contributed by atoms with Crippen molar-refractivity contribution in [2.45, 2.75) is 25.3 Å². The third-order valence-corrected chi connectivity index (χ3v) is 5.84. The van der Waals surface area contributed by atoms with Gasteiger partial charge in [-0.05, 0) is 37.9 Å². The van der Waals surface area contributed by atoms with E-state index >= 15 is 0 Å². The molecule has 1 aliphatic heterocycles. The average molecular weight is 314 g/mol. The van der Waals surface area contributed by atoms with Crippen LogP contribution in [0.3, 0.4) is 0 Å². The highest BCUT2D eigenvalue weighted by atomic mass is 35.5.